The second-order valence-electron chi connectivity index (χ2n) is 1.83. The van der Waals surface area contributed by atoms with E-state index >= 15 is 0 Å². The third-order valence-corrected chi connectivity index (χ3v) is 3.04. The molecule has 0 radical (unpaired) electrons. The van der Waals surface area contributed by atoms with Crippen LogP contribution in [-0.4, -0.2) is 15.1 Å². The zero-order valence-electron chi connectivity index (χ0n) is 5.44. The van der Waals surface area contributed by atoms with E-state index in [4.69, 9.17) is 5.11 Å². The van der Waals surface area contributed by atoms with E-state index in [1.165, 1.54) is 0 Å². The fourth-order valence-corrected chi connectivity index (χ4v) is 2.17. The third-order valence-electron chi connectivity index (χ3n) is 1.08. The maximum absolute atomic E-state index is 12.6. The Bertz CT molecular complexity index is 330. The van der Waals surface area contributed by atoms with Crippen LogP contribution < -0.4 is 0 Å². The van der Waals surface area contributed by atoms with E-state index in [1.807, 2.05) is 0 Å². The number of carbonyl (C=O) groups is 1. The summed E-state index contributed by atoms with van der Waals surface area (Å²) in [5.41, 5.74) is -0.776. The predicted molar refractivity (Wildman–Crippen MR) is 45.1 cm³/mol. The van der Waals surface area contributed by atoms with Crippen molar-refractivity contribution in [3.63, 3.8) is 0 Å². The molecule has 1 rings (SSSR count). The van der Waals surface area contributed by atoms with Crippen LogP contribution in [0.4, 0.5) is 13.2 Å². The summed E-state index contributed by atoms with van der Waals surface area (Å²) in [6, 6.07) is 0. The van der Waals surface area contributed by atoms with Gasteiger partial charge in [-0.2, -0.15) is 8.78 Å². The van der Waals surface area contributed by atoms with Gasteiger partial charge < -0.3 is 5.11 Å². The highest BCUT2D eigenvalue weighted by atomic mass is 127. The molecule has 1 aliphatic heterocycles. The number of carboxylic acids is 1. The van der Waals surface area contributed by atoms with E-state index in [2.05, 4.69) is 0 Å². The van der Waals surface area contributed by atoms with Gasteiger partial charge in [0.15, 0.2) is 9.66 Å². The SMILES string of the molecule is O=C(O)C1=C(F)C(F)=C(F)I=C1. The summed E-state index contributed by atoms with van der Waals surface area (Å²) >= 11 is -1.45. The van der Waals surface area contributed by atoms with Crippen LogP contribution in [0.15, 0.2) is 21.1 Å². The van der Waals surface area contributed by atoms with Crippen molar-refractivity contribution in [2.24, 2.45) is 0 Å². The Hall–Kier alpha value is -0.660. The second kappa shape index (κ2) is 3.38. The zero-order chi connectivity index (χ0) is 9.30. The lowest BCUT2D eigenvalue weighted by atomic mass is 10.2. The van der Waals surface area contributed by atoms with Gasteiger partial charge in [-0.3, -0.25) is 0 Å². The van der Waals surface area contributed by atoms with Gasteiger partial charge in [0, 0.05) is 0 Å². The Morgan fingerprint density at radius 1 is 1.33 bits per heavy atom. The van der Waals surface area contributed by atoms with Gasteiger partial charge >= 0.3 is 5.97 Å². The lowest BCUT2D eigenvalue weighted by Gasteiger charge is -2.02. The fourth-order valence-electron chi connectivity index (χ4n) is 0.540. The lowest BCUT2D eigenvalue weighted by Crippen LogP contribution is -2.05. The molecule has 0 fully saturated rings. The van der Waals surface area contributed by atoms with E-state index in [-0.39, 0.29) is 0 Å². The van der Waals surface area contributed by atoms with E-state index in [9.17, 15) is 18.0 Å². The van der Waals surface area contributed by atoms with Gasteiger partial charge in [0.05, 0.1) is 0 Å². The van der Waals surface area contributed by atoms with E-state index in [0.29, 0.717) is 0 Å². The van der Waals surface area contributed by atoms with Crippen LogP contribution in [-0.2, 0) is 4.79 Å². The molecule has 1 aliphatic rings. The quantitative estimate of drug-likeness (QED) is 0.752. The molecule has 0 atom stereocenters. The summed E-state index contributed by atoms with van der Waals surface area (Å²) < 4.78 is 37.0. The molecule has 6 heteroatoms. The van der Waals surface area contributed by atoms with Gasteiger partial charge in [-0.05, 0) is 24.7 Å². The van der Waals surface area contributed by atoms with Gasteiger partial charge in [-0.15, -0.1) is 0 Å². The summed E-state index contributed by atoms with van der Waals surface area (Å²) in [6.45, 7) is 0. The number of hydrogen-bond acceptors (Lipinski definition) is 1. The minimum Gasteiger partial charge on any atom is -0.478 e. The first-order valence-corrected chi connectivity index (χ1v) is 5.01. The third kappa shape index (κ3) is 1.57. The first kappa shape index (κ1) is 9.43. The number of carboxylic acid groups (broad SMARTS) is 1. The molecule has 0 aromatic carbocycles. The van der Waals surface area contributed by atoms with Gasteiger partial charge in [0.1, 0.15) is 5.57 Å². The van der Waals surface area contributed by atoms with Crippen LogP contribution in [0, 0.1) is 0 Å². The van der Waals surface area contributed by atoms with E-state index in [1.54, 1.807) is 0 Å². The van der Waals surface area contributed by atoms with Crippen LogP contribution in [0.25, 0.3) is 0 Å². The number of allylic oxidation sites excluding steroid dienone is 2. The molecule has 2 nitrogen and oxygen atoms in total. The average Bonchev–Trinajstić information content (AvgIpc) is 2.00. The first-order chi connectivity index (χ1) is 5.54. The molecule has 0 aliphatic carbocycles. The van der Waals surface area contributed by atoms with Crippen molar-refractivity contribution in [1.82, 2.24) is 0 Å². The Morgan fingerprint density at radius 2 is 1.92 bits per heavy atom. The molecular formula is C6H2F3IO2. The van der Waals surface area contributed by atoms with E-state index in [0.717, 1.165) is 4.01 Å². The topological polar surface area (TPSA) is 37.3 Å². The standard InChI is InChI=1S/C6H2F3IO2/c7-3-2(6(11)12)1-10-5(9)4(3)8/h1H,(H,11,12). The molecule has 1 N–H and O–H groups in total. The van der Waals surface area contributed by atoms with E-state index < -0.39 is 47.8 Å². The average molecular weight is 290 g/mol. The van der Waals surface area contributed by atoms with Gasteiger partial charge in [-0.25, -0.2) is 9.18 Å². The highest BCUT2D eigenvalue weighted by molar-refractivity contribution is 14.2. The molecule has 0 bridgehead atoms. The first-order valence-electron chi connectivity index (χ1n) is 2.69. The molecule has 0 saturated heterocycles. The number of aliphatic carboxylic acids is 1. The normalized spacial score (nSPS) is 17.9. The molecule has 0 saturated carbocycles. The maximum Gasteiger partial charge on any atom is 0.339 e. The Kier molecular flexibility index (Phi) is 2.65. The predicted octanol–water partition coefficient (Wildman–Crippen LogP) is 2.19. The lowest BCUT2D eigenvalue weighted by molar-refractivity contribution is -0.132. The van der Waals surface area contributed by atoms with Crippen LogP contribution in [0.2, 0.25) is 0 Å². The fraction of sp³-hybridized carbons (Fsp3) is 0. The highest BCUT2D eigenvalue weighted by Crippen LogP contribution is 2.33. The van der Waals surface area contributed by atoms with Crippen LogP contribution in [0.1, 0.15) is 0 Å². The molecule has 0 aromatic heterocycles. The zero-order valence-corrected chi connectivity index (χ0v) is 7.60. The summed E-state index contributed by atoms with van der Waals surface area (Å²) in [4.78, 5) is 10.2. The number of hydrogen-bond donors (Lipinski definition) is 1. The van der Waals surface area contributed by atoms with Crippen LogP contribution in [0.5, 0.6) is 0 Å². The highest BCUT2D eigenvalue weighted by Gasteiger charge is 2.22. The molecule has 1 heterocycles. The Morgan fingerprint density at radius 3 is 2.42 bits per heavy atom. The minimum absolute atomic E-state index is 0.776. The van der Waals surface area contributed by atoms with Crippen LogP contribution >= 0.6 is 20.7 Å². The van der Waals surface area contributed by atoms with Crippen molar-refractivity contribution in [2.45, 2.75) is 0 Å². The molecule has 12 heavy (non-hydrogen) atoms. The second-order valence-corrected chi connectivity index (χ2v) is 4.02. The number of halogens is 4. The summed E-state index contributed by atoms with van der Waals surface area (Å²) in [5, 5.41) is 8.29. The van der Waals surface area contributed by atoms with Crippen molar-refractivity contribution in [3.8, 4) is 0 Å². The summed E-state index contributed by atoms with van der Waals surface area (Å²) in [7, 11) is 0. The Balaban J connectivity index is 3.24. The molecule has 0 aromatic rings. The van der Waals surface area contributed by atoms with Gasteiger partial charge in [0.2, 0.25) is 5.83 Å². The largest absolute Gasteiger partial charge is 0.478 e. The summed E-state index contributed by atoms with van der Waals surface area (Å²) in [5.74, 6) is -4.86. The minimum atomic E-state index is -1.66. The monoisotopic (exact) mass is 290 g/mol. The van der Waals surface area contributed by atoms with Gasteiger partial charge in [0.25, 0.3) is 0 Å². The Labute approximate surface area is 75.1 Å². The maximum atomic E-state index is 12.6. The van der Waals surface area contributed by atoms with Crippen LogP contribution in [0.3, 0.4) is 0 Å². The molecular weight excluding hydrogens is 288 g/mol. The van der Waals surface area contributed by atoms with Crippen molar-refractivity contribution in [1.29, 1.82) is 0 Å². The van der Waals surface area contributed by atoms with Gasteiger partial charge in [-0.1, -0.05) is 0 Å². The van der Waals surface area contributed by atoms with Crippen molar-refractivity contribution in [3.05, 3.63) is 21.1 Å². The molecule has 0 spiro atoms. The van der Waals surface area contributed by atoms with Crippen molar-refractivity contribution in [2.75, 3.05) is 0 Å². The summed E-state index contributed by atoms with van der Waals surface area (Å²) in [6.07, 6.45) is 0. The molecule has 0 amide bonds. The molecule has 0 unspecified atom stereocenters. The van der Waals surface area contributed by atoms with Crippen molar-refractivity contribution >= 4 is 30.7 Å². The number of rotatable bonds is 1. The molecule has 66 valence electrons. The smallest absolute Gasteiger partial charge is 0.339 e. The van der Waals surface area contributed by atoms with Crippen molar-refractivity contribution < 1.29 is 23.1 Å².